The molecule has 0 unspecified atom stereocenters. The number of thioether (sulfide) groups is 1. The molecule has 0 spiro atoms. The Kier molecular flexibility index (Phi) is 8.79. The quantitative estimate of drug-likeness (QED) is 0.193. The van der Waals surface area contributed by atoms with E-state index in [4.69, 9.17) is 4.74 Å². The topological polar surface area (TPSA) is 82.9 Å². The molecule has 1 atom stereocenters. The fourth-order valence-corrected chi connectivity index (χ4v) is 5.88. The zero-order chi connectivity index (χ0) is 27.4. The fraction of sp³-hybridized carbons (Fsp3) is 0.407. The van der Waals surface area contributed by atoms with Crippen molar-refractivity contribution in [1.82, 2.24) is 9.88 Å². The Balaban J connectivity index is 1.37. The van der Waals surface area contributed by atoms with Gasteiger partial charge in [0.05, 0.1) is 30.3 Å². The number of methoxy groups -OCH3 is 1. The number of aliphatic hydroxyl groups is 1. The minimum absolute atomic E-state index is 0.0415. The SMILES string of the molecule is COc1ccc2ncc(F)c([C@H](O)CCC3(C(=O)O)CCN(CCSc4cc(F)cc(F)c4F)CC3)c2c1. The number of aromatic nitrogens is 1. The summed E-state index contributed by atoms with van der Waals surface area (Å²) in [5.74, 6) is -3.97. The lowest BCUT2D eigenvalue weighted by molar-refractivity contribution is -0.153. The monoisotopic (exact) mass is 552 g/mol. The summed E-state index contributed by atoms with van der Waals surface area (Å²) in [6, 6.07) is 6.38. The van der Waals surface area contributed by atoms with E-state index in [1.165, 1.54) is 7.11 Å². The number of pyridine rings is 1. The minimum atomic E-state index is -1.24. The van der Waals surface area contributed by atoms with Crippen molar-refractivity contribution < 1.29 is 37.3 Å². The summed E-state index contributed by atoms with van der Waals surface area (Å²) >= 11 is 0.996. The number of carboxylic acid groups (broad SMARTS) is 1. The lowest BCUT2D eigenvalue weighted by atomic mass is 9.74. The maximum atomic E-state index is 14.7. The second kappa shape index (κ2) is 11.9. The Labute approximate surface area is 221 Å². The van der Waals surface area contributed by atoms with E-state index >= 15 is 0 Å². The molecular formula is C27H28F4N2O4S. The summed E-state index contributed by atoms with van der Waals surface area (Å²) in [5, 5.41) is 21.4. The van der Waals surface area contributed by atoms with Gasteiger partial charge in [0.2, 0.25) is 0 Å². The van der Waals surface area contributed by atoms with Gasteiger partial charge in [0.25, 0.3) is 0 Å². The first-order valence-corrected chi connectivity index (χ1v) is 13.2. The third-order valence-corrected chi connectivity index (χ3v) is 8.18. The highest BCUT2D eigenvalue weighted by atomic mass is 32.2. The predicted octanol–water partition coefficient (Wildman–Crippen LogP) is 5.57. The normalized spacial score (nSPS) is 16.5. The summed E-state index contributed by atoms with van der Waals surface area (Å²) in [4.78, 5) is 18.2. The number of fused-ring (bicyclic) bond motifs is 1. The zero-order valence-corrected chi connectivity index (χ0v) is 21.5. The molecule has 204 valence electrons. The second-order valence-electron chi connectivity index (χ2n) is 9.43. The highest BCUT2D eigenvalue weighted by Crippen LogP contribution is 2.40. The summed E-state index contributed by atoms with van der Waals surface area (Å²) in [7, 11) is 1.48. The van der Waals surface area contributed by atoms with E-state index in [0.29, 0.717) is 60.9 Å². The largest absolute Gasteiger partial charge is 0.497 e. The third-order valence-electron chi connectivity index (χ3n) is 7.19. The molecule has 6 nitrogen and oxygen atoms in total. The highest BCUT2D eigenvalue weighted by molar-refractivity contribution is 7.99. The number of piperidine rings is 1. The van der Waals surface area contributed by atoms with Crippen molar-refractivity contribution in [3.63, 3.8) is 0 Å². The summed E-state index contributed by atoms with van der Waals surface area (Å²) in [6.07, 6.45) is 0.625. The summed E-state index contributed by atoms with van der Waals surface area (Å²) < 4.78 is 60.6. The Bertz CT molecular complexity index is 1320. The van der Waals surface area contributed by atoms with Crippen molar-refractivity contribution in [1.29, 1.82) is 0 Å². The fourth-order valence-electron chi connectivity index (χ4n) is 4.89. The number of ether oxygens (including phenoxy) is 1. The first kappa shape index (κ1) is 28.1. The molecule has 3 aromatic rings. The molecule has 0 amide bonds. The molecule has 38 heavy (non-hydrogen) atoms. The maximum absolute atomic E-state index is 14.7. The van der Waals surface area contributed by atoms with E-state index in [2.05, 4.69) is 4.98 Å². The van der Waals surface area contributed by atoms with E-state index in [9.17, 15) is 32.6 Å². The average Bonchev–Trinajstić information content (AvgIpc) is 2.90. The lowest BCUT2D eigenvalue weighted by Gasteiger charge is -2.39. The number of carbonyl (C=O) groups is 1. The van der Waals surface area contributed by atoms with Crippen LogP contribution < -0.4 is 4.74 Å². The number of carboxylic acids is 1. The van der Waals surface area contributed by atoms with Gasteiger partial charge in [-0.15, -0.1) is 11.8 Å². The molecule has 0 saturated carbocycles. The Morgan fingerprint density at radius 1 is 1.16 bits per heavy atom. The number of halogens is 4. The molecule has 0 aliphatic carbocycles. The molecule has 0 radical (unpaired) electrons. The number of aliphatic hydroxyl groups excluding tert-OH is 1. The number of likely N-dealkylation sites (tertiary alicyclic amines) is 1. The first-order valence-electron chi connectivity index (χ1n) is 12.2. The van der Waals surface area contributed by atoms with Crippen LogP contribution in [-0.2, 0) is 4.79 Å². The molecule has 1 aliphatic rings. The van der Waals surface area contributed by atoms with Gasteiger partial charge in [-0.3, -0.25) is 9.78 Å². The standard InChI is InChI=1S/C27H28F4N2O4S/c1-37-17-2-3-21-18(14-17)24(20(30)15-32-21)22(34)4-5-27(26(35)36)6-8-33(9-7-27)10-11-38-23-13-16(28)12-19(29)25(23)31/h2-3,12-15,22,34H,4-11H2,1H3,(H,35,36)/t22-/m1/s1. The van der Waals surface area contributed by atoms with Crippen molar-refractivity contribution in [2.24, 2.45) is 5.41 Å². The van der Waals surface area contributed by atoms with Gasteiger partial charge >= 0.3 is 5.97 Å². The molecule has 4 rings (SSSR count). The lowest BCUT2D eigenvalue weighted by Crippen LogP contribution is -2.45. The van der Waals surface area contributed by atoms with Crippen LogP contribution in [0.5, 0.6) is 5.75 Å². The number of rotatable bonds is 10. The van der Waals surface area contributed by atoms with Crippen LogP contribution in [0.2, 0.25) is 0 Å². The van der Waals surface area contributed by atoms with Crippen molar-refractivity contribution in [3.05, 3.63) is 65.4 Å². The molecular weight excluding hydrogens is 524 g/mol. The molecule has 2 heterocycles. The van der Waals surface area contributed by atoms with Crippen molar-refractivity contribution in [2.75, 3.05) is 32.5 Å². The van der Waals surface area contributed by atoms with Gasteiger partial charge < -0.3 is 19.8 Å². The molecule has 1 saturated heterocycles. The molecule has 0 bridgehead atoms. The van der Waals surface area contributed by atoms with E-state index in [-0.39, 0.29) is 23.3 Å². The molecule has 2 aromatic carbocycles. The molecule has 1 aliphatic heterocycles. The van der Waals surface area contributed by atoms with Gasteiger partial charge in [-0.05, 0) is 63.0 Å². The van der Waals surface area contributed by atoms with Gasteiger partial charge in [-0.25, -0.2) is 17.6 Å². The van der Waals surface area contributed by atoms with Crippen LogP contribution in [0, 0.1) is 28.7 Å². The smallest absolute Gasteiger partial charge is 0.309 e. The minimum Gasteiger partial charge on any atom is -0.497 e. The molecule has 11 heteroatoms. The number of hydrogen-bond donors (Lipinski definition) is 2. The summed E-state index contributed by atoms with van der Waals surface area (Å²) in [6.45, 7) is 1.38. The van der Waals surface area contributed by atoms with Crippen molar-refractivity contribution in [3.8, 4) is 5.75 Å². The van der Waals surface area contributed by atoms with Crippen LogP contribution in [0.25, 0.3) is 10.9 Å². The van der Waals surface area contributed by atoms with Crippen LogP contribution in [-0.4, -0.2) is 58.6 Å². The van der Waals surface area contributed by atoms with Gasteiger partial charge in [-0.2, -0.15) is 0 Å². The van der Waals surface area contributed by atoms with Crippen molar-refractivity contribution >= 4 is 28.6 Å². The zero-order valence-electron chi connectivity index (χ0n) is 20.7. The molecule has 1 aromatic heterocycles. The van der Waals surface area contributed by atoms with Crippen LogP contribution >= 0.6 is 11.8 Å². The highest BCUT2D eigenvalue weighted by Gasteiger charge is 2.41. The Morgan fingerprint density at radius 2 is 1.89 bits per heavy atom. The number of hydrogen-bond acceptors (Lipinski definition) is 6. The molecule has 1 fully saturated rings. The van der Waals surface area contributed by atoms with E-state index < -0.39 is 40.8 Å². The van der Waals surface area contributed by atoms with E-state index in [0.717, 1.165) is 24.0 Å². The predicted molar refractivity (Wildman–Crippen MR) is 135 cm³/mol. The van der Waals surface area contributed by atoms with Crippen molar-refractivity contribution in [2.45, 2.75) is 36.7 Å². The number of nitrogens with zero attached hydrogens (tertiary/aromatic N) is 2. The Hall–Kier alpha value is -2.89. The van der Waals surface area contributed by atoms with Crippen LogP contribution in [0.1, 0.15) is 37.4 Å². The first-order chi connectivity index (χ1) is 18.1. The maximum Gasteiger partial charge on any atom is 0.309 e. The second-order valence-corrected chi connectivity index (χ2v) is 10.6. The average molecular weight is 553 g/mol. The van der Waals surface area contributed by atoms with Gasteiger partial charge in [-0.1, -0.05) is 0 Å². The van der Waals surface area contributed by atoms with Crippen LogP contribution in [0.15, 0.2) is 41.4 Å². The summed E-state index contributed by atoms with van der Waals surface area (Å²) in [5.41, 5.74) is -0.537. The Morgan fingerprint density at radius 3 is 2.58 bits per heavy atom. The van der Waals surface area contributed by atoms with Crippen LogP contribution in [0.3, 0.4) is 0 Å². The van der Waals surface area contributed by atoms with E-state index in [1.54, 1.807) is 18.2 Å². The third kappa shape index (κ3) is 6.05. The van der Waals surface area contributed by atoms with Gasteiger partial charge in [0.1, 0.15) is 17.4 Å². The van der Waals surface area contributed by atoms with E-state index in [1.807, 2.05) is 4.90 Å². The number of benzene rings is 2. The van der Waals surface area contributed by atoms with Gasteiger partial charge in [0.15, 0.2) is 11.6 Å². The molecule has 2 N–H and O–H groups in total. The number of aliphatic carboxylic acids is 1. The van der Waals surface area contributed by atoms with Gasteiger partial charge in [0, 0.05) is 34.2 Å². The van der Waals surface area contributed by atoms with Crippen LogP contribution in [0.4, 0.5) is 17.6 Å².